The lowest BCUT2D eigenvalue weighted by atomic mass is 10.0. The zero-order chi connectivity index (χ0) is 14.1. The Hall–Kier alpha value is -1.42. The first-order valence-corrected chi connectivity index (χ1v) is 7.53. The summed E-state index contributed by atoms with van der Waals surface area (Å²) in [6.45, 7) is 9.09. The second-order valence-electron chi connectivity index (χ2n) is 6.47. The number of rotatable bonds is 3. The lowest BCUT2D eigenvalue weighted by Gasteiger charge is -2.22. The highest BCUT2D eigenvalue weighted by Crippen LogP contribution is 2.32. The normalized spacial score (nSPS) is 26.2. The molecule has 2 saturated heterocycles. The summed E-state index contributed by atoms with van der Waals surface area (Å²) in [6.07, 6.45) is 3.76. The van der Waals surface area contributed by atoms with Gasteiger partial charge in [-0.2, -0.15) is 0 Å². The molecule has 0 spiro atoms. The quantitative estimate of drug-likeness (QED) is 0.840. The van der Waals surface area contributed by atoms with Crippen LogP contribution in [0.5, 0.6) is 0 Å². The Labute approximate surface area is 120 Å². The molecule has 1 aromatic heterocycles. The Balaban J connectivity index is 1.55. The molecule has 0 N–H and O–H groups in total. The van der Waals surface area contributed by atoms with Crippen molar-refractivity contribution in [2.24, 2.45) is 17.8 Å². The van der Waals surface area contributed by atoms with Crippen LogP contribution in [-0.2, 0) is 11.3 Å². The van der Waals surface area contributed by atoms with Gasteiger partial charge >= 0.3 is 0 Å². The van der Waals surface area contributed by atoms with Crippen molar-refractivity contribution in [1.29, 1.82) is 0 Å². The molecule has 0 aromatic carbocycles. The van der Waals surface area contributed by atoms with Gasteiger partial charge in [0, 0.05) is 51.0 Å². The molecule has 1 amide bonds. The molecule has 2 aliphatic heterocycles. The number of carbonyl (C=O) groups is 1. The first kappa shape index (κ1) is 13.6. The number of amides is 1. The van der Waals surface area contributed by atoms with E-state index in [0.717, 1.165) is 32.7 Å². The van der Waals surface area contributed by atoms with Gasteiger partial charge in [-0.1, -0.05) is 19.9 Å². The molecule has 108 valence electrons. The van der Waals surface area contributed by atoms with Gasteiger partial charge in [-0.25, -0.2) is 0 Å². The minimum Gasteiger partial charge on any atom is -0.342 e. The Morgan fingerprint density at radius 3 is 2.55 bits per heavy atom. The molecule has 2 fully saturated rings. The minimum absolute atomic E-state index is 0.125. The van der Waals surface area contributed by atoms with E-state index in [1.165, 1.54) is 5.56 Å². The number of pyridine rings is 1. The van der Waals surface area contributed by atoms with E-state index in [-0.39, 0.29) is 5.92 Å². The minimum atomic E-state index is 0.125. The summed E-state index contributed by atoms with van der Waals surface area (Å²) in [6, 6.07) is 4.13. The molecule has 0 radical (unpaired) electrons. The van der Waals surface area contributed by atoms with Gasteiger partial charge in [-0.3, -0.25) is 14.7 Å². The highest BCUT2D eigenvalue weighted by Gasteiger charge is 2.41. The monoisotopic (exact) mass is 273 g/mol. The molecule has 3 rings (SSSR count). The fraction of sp³-hybridized carbons (Fsp3) is 0.625. The van der Waals surface area contributed by atoms with E-state index in [4.69, 9.17) is 0 Å². The fourth-order valence-electron chi connectivity index (χ4n) is 3.51. The summed E-state index contributed by atoms with van der Waals surface area (Å²) < 4.78 is 0. The molecule has 3 heterocycles. The van der Waals surface area contributed by atoms with Crippen LogP contribution in [0.4, 0.5) is 0 Å². The van der Waals surface area contributed by atoms with Gasteiger partial charge in [0.25, 0.3) is 0 Å². The SMILES string of the molecule is CC(C)C(=O)N1C[C@H]2CN(Cc3cccnc3)C[C@@H]2C1. The van der Waals surface area contributed by atoms with E-state index >= 15 is 0 Å². The summed E-state index contributed by atoms with van der Waals surface area (Å²) in [7, 11) is 0. The largest absolute Gasteiger partial charge is 0.342 e. The Kier molecular flexibility index (Phi) is 3.74. The summed E-state index contributed by atoms with van der Waals surface area (Å²) in [4.78, 5) is 20.8. The predicted octanol–water partition coefficient (Wildman–Crippen LogP) is 1.63. The lowest BCUT2D eigenvalue weighted by molar-refractivity contribution is -0.133. The van der Waals surface area contributed by atoms with Crippen LogP contribution in [0.15, 0.2) is 24.5 Å². The zero-order valence-electron chi connectivity index (χ0n) is 12.3. The molecule has 2 aliphatic rings. The maximum absolute atomic E-state index is 12.1. The van der Waals surface area contributed by atoms with Crippen LogP contribution in [0.1, 0.15) is 19.4 Å². The lowest BCUT2D eigenvalue weighted by Crippen LogP contribution is -2.35. The Bertz CT molecular complexity index is 460. The van der Waals surface area contributed by atoms with Crippen LogP contribution >= 0.6 is 0 Å². The van der Waals surface area contributed by atoms with Gasteiger partial charge in [0.1, 0.15) is 0 Å². The van der Waals surface area contributed by atoms with E-state index in [0.29, 0.717) is 17.7 Å². The summed E-state index contributed by atoms with van der Waals surface area (Å²) in [5, 5.41) is 0. The van der Waals surface area contributed by atoms with Crippen molar-refractivity contribution in [1.82, 2.24) is 14.8 Å². The predicted molar refractivity (Wildman–Crippen MR) is 77.9 cm³/mol. The average Bonchev–Trinajstić information content (AvgIpc) is 2.96. The van der Waals surface area contributed by atoms with Crippen molar-refractivity contribution >= 4 is 5.91 Å². The number of nitrogens with zero attached hydrogens (tertiary/aromatic N) is 3. The van der Waals surface area contributed by atoms with Crippen LogP contribution in [0.3, 0.4) is 0 Å². The van der Waals surface area contributed by atoms with Crippen LogP contribution in [0.2, 0.25) is 0 Å². The number of aromatic nitrogens is 1. The van der Waals surface area contributed by atoms with E-state index < -0.39 is 0 Å². The second-order valence-corrected chi connectivity index (χ2v) is 6.47. The number of carbonyl (C=O) groups excluding carboxylic acids is 1. The van der Waals surface area contributed by atoms with Crippen LogP contribution in [0, 0.1) is 17.8 Å². The molecular formula is C16H23N3O. The average molecular weight is 273 g/mol. The molecular weight excluding hydrogens is 250 g/mol. The van der Waals surface area contributed by atoms with Gasteiger partial charge < -0.3 is 4.90 Å². The Morgan fingerprint density at radius 2 is 2.00 bits per heavy atom. The third kappa shape index (κ3) is 2.70. The van der Waals surface area contributed by atoms with E-state index in [1.54, 1.807) is 0 Å². The molecule has 1 aromatic rings. The maximum Gasteiger partial charge on any atom is 0.225 e. The molecule has 0 aliphatic carbocycles. The maximum atomic E-state index is 12.1. The number of hydrogen-bond acceptors (Lipinski definition) is 3. The zero-order valence-corrected chi connectivity index (χ0v) is 12.3. The van der Waals surface area contributed by atoms with Crippen LogP contribution in [-0.4, -0.2) is 46.9 Å². The molecule has 0 saturated carbocycles. The van der Waals surface area contributed by atoms with Crippen molar-refractivity contribution < 1.29 is 4.79 Å². The fourth-order valence-corrected chi connectivity index (χ4v) is 3.51. The Morgan fingerprint density at radius 1 is 1.30 bits per heavy atom. The van der Waals surface area contributed by atoms with Gasteiger partial charge in [0.2, 0.25) is 5.91 Å². The van der Waals surface area contributed by atoms with Crippen molar-refractivity contribution in [3.05, 3.63) is 30.1 Å². The number of hydrogen-bond donors (Lipinski definition) is 0. The van der Waals surface area contributed by atoms with Crippen molar-refractivity contribution in [2.75, 3.05) is 26.2 Å². The third-order valence-corrected chi connectivity index (χ3v) is 4.50. The first-order valence-electron chi connectivity index (χ1n) is 7.53. The molecule has 4 heteroatoms. The van der Waals surface area contributed by atoms with E-state index in [9.17, 15) is 4.79 Å². The standard InChI is InChI=1S/C16H23N3O/c1-12(2)16(20)19-10-14-8-18(9-15(14)11-19)7-13-4-3-5-17-6-13/h3-6,12,14-15H,7-11H2,1-2H3/t14-,15-/m1/s1. The van der Waals surface area contributed by atoms with Gasteiger partial charge in [-0.05, 0) is 23.5 Å². The van der Waals surface area contributed by atoms with Gasteiger partial charge in [-0.15, -0.1) is 0 Å². The summed E-state index contributed by atoms with van der Waals surface area (Å²) in [5.74, 6) is 1.77. The summed E-state index contributed by atoms with van der Waals surface area (Å²) in [5.41, 5.74) is 1.28. The molecule has 4 nitrogen and oxygen atoms in total. The highest BCUT2D eigenvalue weighted by atomic mass is 16.2. The van der Waals surface area contributed by atoms with Gasteiger partial charge in [0.05, 0.1) is 0 Å². The second kappa shape index (κ2) is 5.52. The van der Waals surface area contributed by atoms with Gasteiger partial charge in [0.15, 0.2) is 0 Å². The van der Waals surface area contributed by atoms with Crippen LogP contribution < -0.4 is 0 Å². The molecule has 0 unspecified atom stereocenters. The third-order valence-electron chi connectivity index (χ3n) is 4.50. The van der Waals surface area contributed by atoms with Crippen molar-refractivity contribution in [2.45, 2.75) is 20.4 Å². The molecule has 0 bridgehead atoms. The molecule has 20 heavy (non-hydrogen) atoms. The van der Waals surface area contributed by atoms with Crippen molar-refractivity contribution in [3.8, 4) is 0 Å². The van der Waals surface area contributed by atoms with Crippen LogP contribution in [0.25, 0.3) is 0 Å². The topological polar surface area (TPSA) is 36.4 Å². The molecule has 2 atom stereocenters. The number of fused-ring (bicyclic) bond motifs is 1. The van der Waals surface area contributed by atoms with E-state index in [2.05, 4.69) is 20.9 Å². The number of likely N-dealkylation sites (tertiary alicyclic amines) is 2. The van der Waals surface area contributed by atoms with E-state index in [1.807, 2.05) is 32.3 Å². The first-order chi connectivity index (χ1) is 9.63. The smallest absolute Gasteiger partial charge is 0.225 e. The summed E-state index contributed by atoms with van der Waals surface area (Å²) >= 11 is 0. The highest BCUT2D eigenvalue weighted by molar-refractivity contribution is 5.78. The van der Waals surface area contributed by atoms with Crippen molar-refractivity contribution in [3.63, 3.8) is 0 Å².